The van der Waals surface area contributed by atoms with Crippen LogP contribution in [0.5, 0.6) is 0 Å². The maximum absolute atomic E-state index is 2.50. The molecule has 1 aliphatic carbocycles. The van der Waals surface area contributed by atoms with Crippen molar-refractivity contribution >= 4 is 8.07 Å². The molecule has 1 aromatic carbocycles. The van der Waals surface area contributed by atoms with Gasteiger partial charge >= 0.3 is 143 Å². The van der Waals surface area contributed by atoms with E-state index in [0.29, 0.717) is 0 Å². The van der Waals surface area contributed by atoms with E-state index in [2.05, 4.69) is 92.0 Å². The van der Waals surface area contributed by atoms with Gasteiger partial charge in [-0.1, -0.05) is 0 Å². The Morgan fingerprint density at radius 2 is 1.38 bits per heavy atom. The van der Waals surface area contributed by atoms with E-state index in [4.69, 9.17) is 0 Å². The van der Waals surface area contributed by atoms with Crippen molar-refractivity contribution in [1.29, 1.82) is 0 Å². The van der Waals surface area contributed by atoms with Crippen molar-refractivity contribution in [2.75, 3.05) is 0 Å². The van der Waals surface area contributed by atoms with E-state index >= 15 is 0 Å². The fourth-order valence-corrected chi connectivity index (χ4v) is 7.51. The quantitative estimate of drug-likeness (QED) is 0.433. The van der Waals surface area contributed by atoms with Crippen LogP contribution in [-0.4, -0.2) is 8.07 Å². The average molecular weight is 438 g/mol. The van der Waals surface area contributed by atoms with Crippen LogP contribution < -0.4 is 37.2 Å². The minimum absolute atomic E-state index is 0. The molecule has 0 amide bonds. The van der Waals surface area contributed by atoms with E-state index in [9.17, 15) is 0 Å². The van der Waals surface area contributed by atoms with Crippen molar-refractivity contribution in [3.05, 3.63) is 55.6 Å². The molecule has 0 saturated carbocycles. The van der Waals surface area contributed by atoms with Crippen LogP contribution >= 0.6 is 0 Å². The zero-order chi connectivity index (χ0) is 16.0. The predicted octanol–water partition coefficient (Wildman–Crippen LogP) is -3.40. The molecule has 0 N–H and O–H groups in total. The van der Waals surface area contributed by atoms with E-state index in [1.165, 1.54) is 16.7 Å². The largest absolute Gasteiger partial charge is 1.00 e. The van der Waals surface area contributed by atoms with Crippen LogP contribution in [0.1, 0.15) is 37.0 Å². The summed E-state index contributed by atoms with van der Waals surface area (Å²) in [5, 5.41) is 1.66. The normalized spacial score (nSPS) is 14.5. The maximum Gasteiger partial charge on any atom is -1.00 e. The fourth-order valence-electron chi connectivity index (χ4n) is 3.33. The molecule has 0 radical (unpaired) electrons. The van der Waals surface area contributed by atoms with Gasteiger partial charge in [0.1, 0.15) is 0 Å². The second-order valence-electron chi connectivity index (χ2n) is 7.93. The fraction of sp³-hybridized carbons (Fsp3) is 0.474. The summed E-state index contributed by atoms with van der Waals surface area (Å²) < 4.78 is 1.57. The molecule has 0 spiro atoms. The summed E-state index contributed by atoms with van der Waals surface area (Å²) in [6.07, 6.45) is 3.63. The summed E-state index contributed by atoms with van der Waals surface area (Å²) in [5.41, 5.74) is 5.93. The standard InChI is InChI=1S/C19H27Si.3ClH.Ti/c1-14-10-15(2)12-17(11-14)19(3,4)16-8-9-18(13-16)20(5,6)7;;;;/h9-12H,8H2,1-7H3;3*1H;/q;;;;+3/p-3. The first-order chi connectivity index (χ1) is 9.53. The third-order valence-electron chi connectivity index (χ3n) is 4.59. The first-order valence-electron chi connectivity index (χ1n) is 7.78. The van der Waals surface area contributed by atoms with Gasteiger partial charge in [-0.25, -0.2) is 0 Å². The summed E-state index contributed by atoms with van der Waals surface area (Å²) in [4.78, 5) is 0. The van der Waals surface area contributed by atoms with Gasteiger partial charge < -0.3 is 37.2 Å². The molecule has 2 rings (SSSR count). The SMILES string of the molecule is Cc1cc(C)cc(C(C)(C)C2=[C]([Ti+3])C([Si](C)(C)C)=CC2)c1.[Cl-].[Cl-].[Cl-]. The molecule has 1 aromatic rings. The van der Waals surface area contributed by atoms with Crippen molar-refractivity contribution in [2.45, 2.75) is 59.2 Å². The molecular formula is C19H27Cl3SiTi. The van der Waals surface area contributed by atoms with E-state index in [1.54, 1.807) is 14.6 Å². The van der Waals surface area contributed by atoms with Crippen molar-refractivity contribution in [1.82, 2.24) is 0 Å². The van der Waals surface area contributed by atoms with Crippen LogP contribution in [0.15, 0.2) is 38.9 Å². The van der Waals surface area contributed by atoms with E-state index < -0.39 is 8.07 Å². The van der Waals surface area contributed by atoms with Crippen molar-refractivity contribution < 1.29 is 57.7 Å². The summed E-state index contributed by atoms with van der Waals surface area (Å²) in [6.45, 7) is 16.5. The number of rotatable bonds is 3. The van der Waals surface area contributed by atoms with Crippen LogP contribution in [0.2, 0.25) is 19.6 Å². The smallest absolute Gasteiger partial charge is 1.00 e. The molecular weight excluding hydrogens is 411 g/mol. The zero-order valence-corrected chi connectivity index (χ0v) is 20.5. The second-order valence-corrected chi connectivity index (χ2v) is 13.7. The van der Waals surface area contributed by atoms with Crippen LogP contribution in [0, 0.1) is 13.8 Å². The molecule has 1 aliphatic rings. The Hall–Kier alpha value is 0.501. The number of benzene rings is 1. The number of hydrogen-bond acceptors (Lipinski definition) is 0. The molecule has 0 unspecified atom stereocenters. The van der Waals surface area contributed by atoms with E-state index in [-0.39, 0.29) is 42.6 Å². The molecule has 24 heavy (non-hydrogen) atoms. The van der Waals surface area contributed by atoms with Gasteiger partial charge in [0.15, 0.2) is 0 Å². The molecule has 0 aliphatic heterocycles. The topological polar surface area (TPSA) is 0 Å². The van der Waals surface area contributed by atoms with Crippen molar-refractivity contribution in [3.8, 4) is 0 Å². The summed E-state index contributed by atoms with van der Waals surface area (Å²) in [6, 6.07) is 6.99. The Labute approximate surface area is 179 Å². The van der Waals surface area contributed by atoms with Gasteiger partial charge in [0, 0.05) is 0 Å². The number of allylic oxidation sites excluding steroid dienone is 4. The van der Waals surface area contributed by atoms with Gasteiger partial charge in [-0.15, -0.1) is 0 Å². The summed E-state index contributed by atoms with van der Waals surface area (Å²) in [7, 11) is -1.23. The Bertz CT molecular complexity index is 620. The minimum atomic E-state index is -1.23. The van der Waals surface area contributed by atoms with Gasteiger partial charge in [-0.05, 0) is 0 Å². The number of halogens is 3. The first kappa shape index (κ1) is 26.7. The monoisotopic (exact) mass is 436 g/mol. The Morgan fingerprint density at radius 1 is 0.917 bits per heavy atom. The first-order valence-corrected chi connectivity index (χ1v) is 12.1. The molecule has 0 atom stereocenters. The summed E-state index contributed by atoms with van der Waals surface area (Å²) >= 11 is 2.34. The molecule has 132 valence electrons. The van der Waals surface area contributed by atoms with Crippen LogP contribution in [-0.2, 0) is 25.9 Å². The van der Waals surface area contributed by atoms with E-state index in [0.717, 1.165) is 6.42 Å². The molecule has 0 heterocycles. The summed E-state index contributed by atoms with van der Waals surface area (Å²) in [5.74, 6) is 0. The van der Waals surface area contributed by atoms with Gasteiger partial charge in [0.2, 0.25) is 0 Å². The van der Waals surface area contributed by atoms with Gasteiger partial charge in [0.25, 0.3) is 0 Å². The Morgan fingerprint density at radius 3 is 1.75 bits per heavy atom. The minimum Gasteiger partial charge on any atom is -1.00 e. The molecule has 0 bridgehead atoms. The van der Waals surface area contributed by atoms with Crippen LogP contribution in [0.4, 0.5) is 0 Å². The number of hydrogen-bond donors (Lipinski definition) is 0. The molecule has 5 heteroatoms. The molecule has 0 nitrogen and oxygen atoms in total. The Balaban J connectivity index is 0. The molecule has 0 saturated heterocycles. The van der Waals surface area contributed by atoms with Crippen LogP contribution in [0.25, 0.3) is 0 Å². The second kappa shape index (κ2) is 9.44. The van der Waals surface area contributed by atoms with Gasteiger partial charge in [-0.2, -0.15) is 0 Å². The van der Waals surface area contributed by atoms with E-state index in [1.807, 2.05) is 0 Å². The Kier molecular flexibility index (Phi) is 10.5. The predicted molar refractivity (Wildman–Crippen MR) is 92.0 cm³/mol. The van der Waals surface area contributed by atoms with Crippen molar-refractivity contribution in [2.24, 2.45) is 0 Å². The molecule has 0 aromatic heterocycles. The molecule has 0 fully saturated rings. The third kappa shape index (κ3) is 5.50. The average Bonchev–Trinajstić information content (AvgIpc) is 2.70. The maximum atomic E-state index is 2.50. The third-order valence-corrected chi connectivity index (χ3v) is 7.94. The van der Waals surface area contributed by atoms with Gasteiger partial charge in [0.05, 0.1) is 0 Å². The van der Waals surface area contributed by atoms with Gasteiger partial charge in [-0.3, -0.25) is 0 Å². The van der Waals surface area contributed by atoms with Crippen molar-refractivity contribution in [3.63, 3.8) is 0 Å². The number of aryl methyl sites for hydroxylation is 2. The van der Waals surface area contributed by atoms with Crippen LogP contribution in [0.3, 0.4) is 0 Å². The zero-order valence-electron chi connectivity index (χ0n) is 15.7.